The smallest absolute Gasteiger partial charge is 0.141 e. The Morgan fingerprint density at radius 2 is 2.00 bits per heavy atom. The van der Waals surface area contributed by atoms with Gasteiger partial charge in [-0.1, -0.05) is 19.9 Å². The van der Waals surface area contributed by atoms with Gasteiger partial charge in [0, 0.05) is 0 Å². The highest BCUT2D eigenvalue weighted by atomic mass is 79.9. The second-order valence-electron chi connectivity index (χ2n) is 4.52. The number of benzene rings is 1. The fourth-order valence-electron chi connectivity index (χ4n) is 2.11. The lowest BCUT2D eigenvalue weighted by molar-refractivity contribution is 0.448. The van der Waals surface area contributed by atoms with Crippen LogP contribution in [0.1, 0.15) is 37.3 Å². The van der Waals surface area contributed by atoms with Crippen LogP contribution in [0, 0.1) is 18.7 Å². The summed E-state index contributed by atoms with van der Waals surface area (Å²) in [6, 6.07) is 3.71. The lowest BCUT2D eigenvalue weighted by Gasteiger charge is -2.23. The van der Waals surface area contributed by atoms with Crippen molar-refractivity contribution in [3.05, 3.63) is 33.5 Å². The van der Waals surface area contributed by atoms with Gasteiger partial charge in [0.05, 0.1) is 4.47 Å². The van der Waals surface area contributed by atoms with Crippen LogP contribution in [0.25, 0.3) is 0 Å². The summed E-state index contributed by atoms with van der Waals surface area (Å²) in [5.74, 6) is 0.459. The predicted molar refractivity (Wildman–Crippen MR) is 70.1 cm³/mol. The van der Waals surface area contributed by atoms with Crippen molar-refractivity contribution in [1.29, 1.82) is 0 Å². The van der Waals surface area contributed by atoms with E-state index in [1.165, 1.54) is 0 Å². The Bertz CT molecular complexity index is 363. The van der Waals surface area contributed by atoms with Crippen LogP contribution in [0.3, 0.4) is 0 Å². The van der Waals surface area contributed by atoms with Crippen LogP contribution in [0.4, 0.5) is 4.39 Å². The fraction of sp³-hybridized carbons (Fsp3) is 0.538. The molecule has 1 atom stereocenters. The third-order valence-corrected chi connectivity index (χ3v) is 3.62. The van der Waals surface area contributed by atoms with E-state index in [1.54, 1.807) is 6.07 Å². The van der Waals surface area contributed by atoms with Crippen LogP contribution in [0.15, 0.2) is 16.6 Å². The molecule has 1 unspecified atom stereocenters. The summed E-state index contributed by atoms with van der Waals surface area (Å²) in [7, 11) is 0. The summed E-state index contributed by atoms with van der Waals surface area (Å²) in [5.41, 5.74) is 7.43. The molecule has 0 saturated heterocycles. The van der Waals surface area contributed by atoms with Crippen molar-refractivity contribution in [3.8, 4) is 0 Å². The van der Waals surface area contributed by atoms with E-state index >= 15 is 0 Å². The first-order valence-corrected chi connectivity index (χ1v) is 6.42. The zero-order valence-corrected chi connectivity index (χ0v) is 11.6. The van der Waals surface area contributed by atoms with Gasteiger partial charge in [0.2, 0.25) is 0 Å². The molecule has 0 saturated carbocycles. The molecule has 0 heterocycles. The Morgan fingerprint density at radius 1 is 1.38 bits per heavy atom. The maximum Gasteiger partial charge on any atom is 0.141 e. The maximum atomic E-state index is 14.1. The molecule has 1 aromatic rings. The molecule has 1 aromatic carbocycles. The molecule has 0 aliphatic heterocycles. The van der Waals surface area contributed by atoms with Gasteiger partial charge in [0.15, 0.2) is 0 Å². The van der Waals surface area contributed by atoms with Gasteiger partial charge < -0.3 is 5.73 Å². The van der Waals surface area contributed by atoms with Gasteiger partial charge >= 0.3 is 0 Å². The van der Waals surface area contributed by atoms with Gasteiger partial charge in [0.25, 0.3) is 0 Å². The number of aryl methyl sites for hydroxylation is 1. The quantitative estimate of drug-likeness (QED) is 0.891. The summed E-state index contributed by atoms with van der Waals surface area (Å²) in [4.78, 5) is 0. The van der Waals surface area contributed by atoms with E-state index in [2.05, 4.69) is 29.8 Å². The van der Waals surface area contributed by atoms with Crippen molar-refractivity contribution < 1.29 is 4.39 Å². The van der Waals surface area contributed by atoms with Crippen molar-refractivity contribution in [3.63, 3.8) is 0 Å². The van der Waals surface area contributed by atoms with E-state index < -0.39 is 0 Å². The van der Waals surface area contributed by atoms with Gasteiger partial charge in [-0.2, -0.15) is 0 Å². The van der Waals surface area contributed by atoms with Crippen LogP contribution in [0.2, 0.25) is 0 Å². The standard InChI is InChI=1S/C13H19BrFN/c1-8(2)10(6-7-16)12-9(3)4-5-11(14)13(12)15/h4-5,8,10H,6-7,16H2,1-3H3. The monoisotopic (exact) mass is 287 g/mol. The minimum atomic E-state index is -0.132. The molecule has 0 radical (unpaired) electrons. The molecular weight excluding hydrogens is 269 g/mol. The van der Waals surface area contributed by atoms with Crippen molar-refractivity contribution in [1.82, 2.24) is 0 Å². The SMILES string of the molecule is Cc1ccc(Br)c(F)c1C(CCN)C(C)C. The molecular formula is C13H19BrFN. The first kappa shape index (κ1) is 13.7. The summed E-state index contributed by atoms with van der Waals surface area (Å²) in [6.07, 6.45) is 0.825. The van der Waals surface area contributed by atoms with E-state index in [1.807, 2.05) is 13.0 Å². The minimum absolute atomic E-state index is 0.132. The average molecular weight is 288 g/mol. The normalized spacial score (nSPS) is 13.2. The molecule has 0 aliphatic carbocycles. The van der Waals surface area contributed by atoms with E-state index in [4.69, 9.17) is 5.73 Å². The molecule has 90 valence electrons. The summed E-state index contributed by atoms with van der Waals surface area (Å²) >= 11 is 3.24. The average Bonchev–Trinajstić information content (AvgIpc) is 2.22. The van der Waals surface area contributed by atoms with E-state index in [-0.39, 0.29) is 11.7 Å². The molecule has 0 bridgehead atoms. The second kappa shape index (κ2) is 5.78. The third kappa shape index (κ3) is 2.83. The van der Waals surface area contributed by atoms with Gasteiger partial charge in [-0.05, 0) is 64.8 Å². The summed E-state index contributed by atoms with van der Waals surface area (Å²) in [5, 5.41) is 0. The molecule has 16 heavy (non-hydrogen) atoms. The lowest BCUT2D eigenvalue weighted by Crippen LogP contribution is -2.15. The van der Waals surface area contributed by atoms with Gasteiger partial charge in [0.1, 0.15) is 5.82 Å². The number of hydrogen-bond donors (Lipinski definition) is 1. The van der Waals surface area contributed by atoms with Crippen molar-refractivity contribution >= 4 is 15.9 Å². The molecule has 2 N–H and O–H groups in total. The van der Waals surface area contributed by atoms with Gasteiger partial charge in [-0.15, -0.1) is 0 Å². The molecule has 1 nitrogen and oxygen atoms in total. The third-order valence-electron chi connectivity index (χ3n) is 3.00. The number of halogens is 2. The topological polar surface area (TPSA) is 26.0 Å². The van der Waals surface area contributed by atoms with Crippen LogP contribution in [-0.4, -0.2) is 6.54 Å². The molecule has 0 fully saturated rings. The summed E-state index contributed by atoms with van der Waals surface area (Å²) in [6.45, 7) is 6.77. The minimum Gasteiger partial charge on any atom is -0.330 e. The van der Waals surface area contributed by atoms with Crippen LogP contribution in [-0.2, 0) is 0 Å². The number of hydrogen-bond acceptors (Lipinski definition) is 1. The number of rotatable bonds is 4. The highest BCUT2D eigenvalue weighted by Crippen LogP contribution is 2.34. The summed E-state index contributed by atoms with van der Waals surface area (Å²) < 4.78 is 14.6. The van der Waals surface area contributed by atoms with E-state index in [0.717, 1.165) is 17.5 Å². The predicted octanol–water partition coefficient (Wildman–Crippen LogP) is 3.99. The Labute approximate surface area is 105 Å². The van der Waals surface area contributed by atoms with Crippen LogP contribution in [0.5, 0.6) is 0 Å². The van der Waals surface area contributed by atoms with Gasteiger partial charge in [-0.25, -0.2) is 4.39 Å². The van der Waals surface area contributed by atoms with Crippen molar-refractivity contribution in [2.24, 2.45) is 11.7 Å². The molecule has 1 rings (SSSR count). The Kier molecular flexibility index (Phi) is 4.93. The Hall–Kier alpha value is -0.410. The van der Waals surface area contributed by atoms with E-state index in [0.29, 0.717) is 16.9 Å². The van der Waals surface area contributed by atoms with Crippen LogP contribution < -0.4 is 5.73 Å². The van der Waals surface area contributed by atoms with E-state index in [9.17, 15) is 4.39 Å². The maximum absolute atomic E-state index is 14.1. The molecule has 0 aliphatic rings. The first-order valence-electron chi connectivity index (χ1n) is 5.63. The highest BCUT2D eigenvalue weighted by Gasteiger charge is 2.22. The van der Waals surface area contributed by atoms with Crippen molar-refractivity contribution in [2.45, 2.75) is 33.1 Å². The van der Waals surface area contributed by atoms with Crippen LogP contribution >= 0.6 is 15.9 Å². The Morgan fingerprint density at radius 3 is 2.50 bits per heavy atom. The zero-order chi connectivity index (χ0) is 12.3. The zero-order valence-electron chi connectivity index (χ0n) is 10.1. The van der Waals surface area contributed by atoms with Crippen molar-refractivity contribution in [2.75, 3.05) is 6.54 Å². The lowest BCUT2D eigenvalue weighted by atomic mass is 9.83. The molecule has 3 heteroatoms. The molecule has 0 spiro atoms. The van der Waals surface area contributed by atoms with Gasteiger partial charge in [-0.3, -0.25) is 0 Å². The molecule has 0 aromatic heterocycles. The largest absolute Gasteiger partial charge is 0.330 e. The fourth-order valence-corrected chi connectivity index (χ4v) is 2.45. The Balaban J connectivity index is 3.22. The molecule has 0 amide bonds. The highest BCUT2D eigenvalue weighted by molar-refractivity contribution is 9.10. The first-order chi connectivity index (χ1) is 7.49. The second-order valence-corrected chi connectivity index (χ2v) is 5.37. The number of nitrogens with two attached hydrogens (primary N) is 1.